The molecule has 0 aliphatic heterocycles. The highest BCUT2D eigenvalue weighted by Gasteiger charge is 2.03. The molecule has 0 aromatic carbocycles. The van der Waals surface area contributed by atoms with Crippen LogP contribution < -0.4 is 10.6 Å². The molecule has 108 valence electrons. The highest BCUT2D eigenvalue weighted by molar-refractivity contribution is 5.47. The van der Waals surface area contributed by atoms with Crippen LogP contribution in [0.4, 0.5) is 11.6 Å². The number of nitrogens with one attached hydrogen (secondary N) is 2. The number of hydrogen-bond acceptors (Lipinski definition) is 5. The molecule has 0 fully saturated rings. The van der Waals surface area contributed by atoms with E-state index in [4.69, 9.17) is 5.11 Å². The molecule has 0 aliphatic rings. The van der Waals surface area contributed by atoms with E-state index in [0.29, 0.717) is 5.92 Å². The first-order valence-corrected chi connectivity index (χ1v) is 7.16. The van der Waals surface area contributed by atoms with E-state index < -0.39 is 0 Å². The second-order valence-electron chi connectivity index (χ2n) is 4.80. The van der Waals surface area contributed by atoms with E-state index in [9.17, 15) is 0 Å². The van der Waals surface area contributed by atoms with Crippen molar-refractivity contribution in [1.82, 2.24) is 9.97 Å². The lowest BCUT2D eigenvalue weighted by Crippen LogP contribution is -2.10. The fourth-order valence-corrected chi connectivity index (χ4v) is 1.78. The van der Waals surface area contributed by atoms with E-state index in [1.165, 1.54) is 0 Å². The molecule has 0 saturated carbocycles. The predicted octanol–water partition coefficient (Wildman–Crippen LogP) is 2.29. The number of nitrogens with zero attached hydrogens (tertiary/aromatic N) is 2. The third-order valence-electron chi connectivity index (χ3n) is 2.94. The Morgan fingerprint density at radius 3 is 2.47 bits per heavy atom. The lowest BCUT2D eigenvalue weighted by Gasteiger charge is -2.11. The zero-order valence-corrected chi connectivity index (χ0v) is 12.2. The molecule has 0 radical (unpaired) electrons. The first-order valence-electron chi connectivity index (χ1n) is 7.16. The van der Waals surface area contributed by atoms with Crippen molar-refractivity contribution in [2.24, 2.45) is 5.92 Å². The number of aromatic nitrogens is 2. The summed E-state index contributed by atoms with van der Waals surface area (Å²) in [6.45, 7) is 8.15. The van der Waals surface area contributed by atoms with Crippen LogP contribution in [0.3, 0.4) is 0 Å². The topological polar surface area (TPSA) is 70.1 Å². The molecule has 0 amide bonds. The summed E-state index contributed by atoms with van der Waals surface area (Å²) < 4.78 is 0. The van der Waals surface area contributed by atoms with E-state index in [2.05, 4.69) is 41.4 Å². The van der Waals surface area contributed by atoms with E-state index >= 15 is 0 Å². The van der Waals surface area contributed by atoms with Crippen molar-refractivity contribution < 1.29 is 5.11 Å². The van der Waals surface area contributed by atoms with Crippen molar-refractivity contribution >= 4 is 11.6 Å². The van der Waals surface area contributed by atoms with Crippen LogP contribution in [0.25, 0.3) is 0 Å². The Balaban J connectivity index is 2.49. The zero-order valence-electron chi connectivity index (χ0n) is 12.2. The van der Waals surface area contributed by atoms with Crippen LogP contribution in [0.2, 0.25) is 0 Å². The Kier molecular flexibility index (Phi) is 7.18. The summed E-state index contributed by atoms with van der Waals surface area (Å²) in [5.41, 5.74) is 0. The van der Waals surface area contributed by atoms with Crippen LogP contribution in [0.5, 0.6) is 0 Å². The smallest absolute Gasteiger partial charge is 0.132 e. The minimum atomic E-state index is 0.262. The van der Waals surface area contributed by atoms with Gasteiger partial charge in [-0.1, -0.05) is 13.8 Å². The van der Waals surface area contributed by atoms with Gasteiger partial charge in [-0.25, -0.2) is 9.97 Å². The third-order valence-corrected chi connectivity index (χ3v) is 2.94. The summed E-state index contributed by atoms with van der Waals surface area (Å²) in [7, 11) is 0. The molecule has 1 atom stereocenters. The monoisotopic (exact) mass is 266 g/mol. The maximum Gasteiger partial charge on any atom is 0.132 e. The molecular weight excluding hydrogens is 240 g/mol. The average molecular weight is 266 g/mol. The lowest BCUT2D eigenvalue weighted by atomic mass is 10.1. The van der Waals surface area contributed by atoms with Crippen molar-refractivity contribution in [1.29, 1.82) is 0 Å². The number of aliphatic hydroxyl groups is 1. The SMILES string of the molecule is CCNc1cc(NCCCC(C)CO)nc(CC)n1. The summed E-state index contributed by atoms with van der Waals surface area (Å²) in [6, 6.07) is 1.94. The predicted molar refractivity (Wildman–Crippen MR) is 79.5 cm³/mol. The standard InChI is InChI=1S/C14H26N4O/c1-4-12-17-13(15-5-2)9-14(18-12)16-8-6-7-11(3)10-19/h9,11,19H,4-8,10H2,1-3H3,(H2,15,16,17,18). The molecule has 5 heteroatoms. The second-order valence-corrected chi connectivity index (χ2v) is 4.80. The van der Waals surface area contributed by atoms with Gasteiger partial charge >= 0.3 is 0 Å². The summed E-state index contributed by atoms with van der Waals surface area (Å²) >= 11 is 0. The molecule has 0 aliphatic carbocycles. The first-order chi connectivity index (χ1) is 9.19. The number of anilines is 2. The van der Waals surface area contributed by atoms with E-state index in [1.807, 2.05) is 6.07 Å². The van der Waals surface area contributed by atoms with Crippen LogP contribution in [-0.4, -0.2) is 34.8 Å². The molecule has 1 heterocycles. The summed E-state index contributed by atoms with van der Waals surface area (Å²) in [5.74, 6) is 2.97. The van der Waals surface area contributed by atoms with Crippen LogP contribution >= 0.6 is 0 Å². The molecule has 1 aromatic heterocycles. The van der Waals surface area contributed by atoms with E-state index in [0.717, 1.165) is 49.8 Å². The Morgan fingerprint density at radius 2 is 1.89 bits per heavy atom. The minimum absolute atomic E-state index is 0.262. The number of aliphatic hydroxyl groups excluding tert-OH is 1. The van der Waals surface area contributed by atoms with Crippen LogP contribution in [0, 0.1) is 5.92 Å². The quantitative estimate of drug-likeness (QED) is 0.598. The van der Waals surface area contributed by atoms with Crippen molar-refractivity contribution in [3.05, 3.63) is 11.9 Å². The Hall–Kier alpha value is -1.36. The van der Waals surface area contributed by atoms with Crippen LogP contribution in [0.1, 0.15) is 39.4 Å². The van der Waals surface area contributed by atoms with E-state index in [-0.39, 0.29) is 6.61 Å². The first kappa shape index (κ1) is 15.7. The van der Waals surface area contributed by atoms with Crippen LogP contribution in [-0.2, 0) is 6.42 Å². The molecule has 0 saturated heterocycles. The van der Waals surface area contributed by atoms with Gasteiger partial charge in [0.1, 0.15) is 17.5 Å². The molecule has 1 unspecified atom stereocenters. The number of hydrogen-bond donors (Lipinski definition) is 3. The summed E-state index contributed by atoms with van der Waals surface area (Å²) in [5, 5.41) is 15.5. The Morgan fingerprint density at radius 1 is 1.21 bits per heavy atom. The minimum Gasteiger partial charge on any atom is -0.396 e. The molecular formula is C14H26N4O. The van der Waals surface area contributed by atoms with Gasteiger partial charge in [0.15, 0.2) is 0 Å². The van der Waals surface area contributed by atoms with Gasteiger partial charge in [0.2, 0.25) is 0 Å². The van der Waals surface area contributed by atoms with E-state index in [1.54, 1.807) is 0 Å². The van der Waals surface area contributed by atoms with Gasteiger partial charge in [-0.05, 0) is 25.7 Å². The van der Waals surface area contributed by atoms with Gasteiger partial charge in [0.05, 0.1) is 0 Å². The van der Waals surface area contributed by atoms with Crippen LogP contribution in [0.15, 0.2) is 6.07 Å². The average Bonchev–Trinajstić information content (AvgIpc) is 2.43. The van der Waals surface area contributed by atoms with Crippen molar-refractivity contribution in [3.63, 3.8) is 0 Å². The number of rotatable bonds is 9. The molecule has 1 aromatic rings. The molecule has 1 rings (SSSR count). The van der Waals surface area contributed by atoms with Gasteiger partial charge in [-0.3, -0.25) is 0 Å². The van der Waals surface area contributed by atoms with Crippen molar-refractivity contribution in [2.75, 3.05) is 30.3 Å². The molecule has 19 heavy (non-hydrogen) atoms. The largest absolute Gasteiger partial charge is 0.396 e. The Labute approximate surface area is 115 Å². The van der Waals surface area contributed by atoms with Gasteiger partial charge < -0.3 is 15.7 Å². The fraction of sp³-hybridized carbons (Fsp3) is 0.714. The summed E-state index contributed by atoms with van der Waals surface area (Å²) in [6.07, 6.45) is 2.88. The molecule has 0 bridgehead atoms. The molecule has 5 nitrogen and oxygen atoms in total. The van der Waals surface area contributed by atoms with Crippen molar-refractivity contribution in [3.8, 4) is 0 Å². The van der Waals surface area contributed by atoms with Gasteiger partial charge in [-0.15, -0.1) is 0 Å². The highest BCUT2D eigenvalue weighted by atomic mass is 16.3. The molecule has 0 spiro atoms. The lowest BCUT2D eigenvalue weighted by molar-refractivity contribution is 0.229. The van der Waals surface area contributed by atoms with Gasteiger partial charge in [0.25, 0.3) is 0 Å². The van der Waals surface area contributed by atoms with Crippen molar-refractivity contribution in [2.45, 2.75) is 40.0 Å². The molecule has 3 N–H and O–H groups in total. The zero-order chi connectivity index (χ0) is 14.1. The third kappa shape index (κ3) is 5.87. The maximum atomic E-state index is 8.97. The van der Waals surface area contributed by atoms with Gasteiger partial charge in [0, 0.05) is 32.2 Å². The Bertz CT molecular complexity index is 370. The van der Waals surface area contributed by atoms with Gasteiger partial charge in [-0.2, -0.15) is 0 Å². The fourth-order valence-electron chi connectivity index (χ4n) is 1.78. The maximum absolute atomic E-state index is 8.97. The highest BCUT2D eigenvalue weighted by Crippen LogP contribution is 2.12. The summed E-state index contributed by atoms with van der Waals surface area (Å²) in [4.78, 5) is 8.88. The normalized spacial score (nSPS) is 12.2. The number of aryl methyl sites for hydroxylation is 1. The second kappa shape index (κ2) is 8.69.